The van der Waals surface area contributed by atoms with Gasteiger partial charge in [-0.05, 0) is 36.1 Å². The van der Waals surface area contributed by atoms with Gasteiger partial charge in [-0.25, -0.2) is 4.99 Å². The van der Waals surface area contributed by atoms with Gasteiger partial charge in [-0.3, -0.25) is 0 Å². The van der Waals surface area contributed by atoms with E-state index in [1.807, 2.05) is 30.3 Å². The zero-order valence-electron chi connectivity index (χ0n) is 15.9. The first kappa shape index (κ1) is 19.8. The van der Waals surface area contributed by atoms with Crippen LogP contribution in [0.25, 0.3) is 0 Å². The number of aliphatic imine (C=N–C) groups is 1. The van der Waals surface area contributed by atoms with E-state index in [0.29, 0.717) is 13.2 Å². The largest absolute Gasteiger partial charge is 0.496 e. The Morgan fingerprint density at radius 1 is 0.923 bits per heavy atom. The van der Waals surface area contributed by atoms with Crippen LogP contribution in [0.4, 0.5) is 0 Å². The maximum Gasteiger partial charge on any atom is 0.191 e. The molecule has 0 aromatic heterocycles. The summed E-state index contributed by atoms with van der Waals surface area (Å²) in [6.07, 6.45) is 0.870. The molecule has 0 radical (unpaired) electrons. The first-order valence-corrected chi connectivity index (χ1v) is 8.98. The molecule has 2 aromatic carbocycles. The van der Waals surface area contributed by atoms with Gasteiger partial charge in [-0.2, -0.15) is 0 Å². The molecule has 2 N–H and O–H groups in total. The summed E-state index contributed by atoms with van der Waals surface area (Å²) < 4.78 is 10.7. The van der Waals surface area contributed by atoms with Crippen molar-refractivity contribution in [3.63, 3.8) is 0 Å². The van der Waals surface area contributed by atoms with Crippen molar-refractivity contribution in [3.05, 3.63) is 65.2 Å². The maximum absolute atomic E-state index is 5.41. The van der Waals surface area contributed by atoms with Crippen molar-refractivity contribution < 1.29 is 9.47 Å². The SMILES string of the molecule is CCNC(=NCc1ccccc1COC)NCCc1ccccc1OC. The van der Waals surface area contributed by atoms with E-state index in [4.69, 9.17) is 14.5 Å². The van der Waals surface area contributed by atoms with E-state index in [2.05, 4.69) is 35.8 Å². The summed E-state index contributed by atoms with van der Waals surface area (Å²) in [5, 5.41) is 6.69. The van der Waals surface area contributed by atoms with Crippen LogP contribution in [0, 0.1) is 0 Å². The minimum Gasteiger partial charge on any atom is -0.496 e. The summed E-state index contributed by atoms with van der Waals surface area (Å²) in [5.74, 6) is 1.74. The number of rotatable bonds is 9. The molecule has 0 aliphatic heterocycles. The molecular weight excluding hydrogens is 326 g/mol. The van der Waals surface area contributed by atoms with Gasteiger partial charge in [0, 0.05) is 20.2 Å². The lowest BCUT2D eigenvalue weighted by atomic mass is 10.1. The van der Waals surface area contributed by atoms with Crippen LogP contribution in [0.5, 0.6) is 5.75 Å². The second-order valence-electron chi connectivity index (χ2n) is 5.89. The second-order valence-corrected chi connectivity index (χ2v) is 5.89. The van der Waals surface area contributed by atoms with Crippen molar-refractivity contribution in [2.24, 2.45) is 4.99 Å². The fraction of sp³-hybridized carbons (Fsp3) is 0.381. The molecule has 26 heavy (non-hydrogen) atoms. The zero-order valence-corrected chi connectivity index (χ0v) is 15.9. The molecule has 0 aliphatic carbocycles. The van der Waals surface area contributed by atoms with Crippen molar-refractivity contribution in [2.45, 2.75) is 26.5 Å². The van der Waals surface area contributed by atoms with E-state index in [9.17, 15) is 0 Å². The molecule has 0 unspecified atom stereocenters. The van der Waals surface area contributed by atoms with Gasteiger partial charge in [0.1, 0.15) is 5.75 Å². The molecule has 0 saturated heterocycles. The van der Waals surface area contributed by atoms with Crippen LogP contribution in [0.1, 0.15) is 23.6 Å². The van der Waals surface area contributed by atoms with Crippen molar-refractivity contribution in [2.75, 3.05) is 27.3 Å². The normalized spacial score (nSPS) is 11.3. The standard InChI is InChI=1S/C21H29N3O2/c1-4-22-21(23-14-13-17-9-7-8-12-20(17)26-3)24-15-18-10-5-6-11-19(18)16-25-2/h5-12H,4,13-16H2,1-3H3,(H2,22,23,24). The summed E-state index contributed by atoms with van der Waals surface area (Å²) in [6.45, 7) is 4.88. The lowest BCUT2D eigenvalue weighted by molar-refractivity contribution is 0.184. The predicted octanol–water partition coefficient (Wildman–Crippen LogP) is 3.14. The van der Waals surface area contributed by atoms with Gasteiger partial charge in [0.25, 0.3) is 0 Å². The van der Waals surface area contributed by atoms with Gasteiger partial charge >= 0.3 is 0 Å². The summed E-state index contributed by atoms with van der Waals surface area (Å²) in [5.41, 5.74) is 3.53. The minimum absolute atomic E-state index is 0.601. The third-order valence-electron chi connectivity index (χ3n) is 4.05. The van der Waals surface area contributed by atoms with Crippen molar-refractivity contribution in [3.8, 4) is 5.75 Å². The van der Waals surface area contributed by atoms with Crippen LogP contribution in [0.2, 0.25) is 0 Å². The number of benzene rings is 2. The van der Waals surface area contributed by atoms with E-state index in [1.54, 1.807) is 14.2 Å². The van der Waals surface area contributed by atoms with Gasteiger partial charge in [0.15, 0.2) is 5.96 Å². The Balaban J connectivity index is 1.96. The van der Waals surface area contributed by atoms with Crippen LogP contribution < -0.4 is 15.4 Å². The lowest BCUT2D eigenvalue weighted by Gasteiger charge is -2.13. The van der Waals surface area contributed by atoms with Crippen LogP contribution in [-0.2, 0) is 24.3 Å². The molecule has 5 heteroatoms. The number of nitrogens with zero attached hydrogens (tertiary/aromatic N) is 1. The summed E-state index contributed by atoms with van der Waals surface area (Å²) in [6, 6.07) is 16.3. The van der Waals surface area contributed by atoms with Crippen LogP contribution in [0.15, 0.2) is 53.5 Å². The molecule has 5 nitrogen and oxygen atoms in total. The van der Waals surface area contributed by atoms with Gasteiger partial charge in [0.2, 0.25) is 0 Å². The van der Waals surface area contributed by atoms with Crippen molar-refractivity contribution >= 4 is 5.96 Å². The Morgan fingerprint density at radius 3 is 2.31 bits per heavy atom. The molecule has 2 rings (SSSR count). The first-order valence-electron chi connectivity index (χ1n) is 8.98. The second kappa shape index (κ2) is 11.2. The van der Waals surface area contributed by atoms with E-state index in [1.165, 1.54) is 16.7 Å². The Bertz CT molecular complexity index is 701. The molecule has 0 spiro atoms. The molecule has 0 heterocycles. The Hall–Kier alpha value is -2.53. The third-order valence-corrected chi connectivity index (χ3v) is 4.05. The van der Waals surface area contributed by atoms with Crippen molar-refractivity contribution in [1.82, 2.24) is 10.6 Å². The number of nitrogens with one attached hydrogen (secondary N) is 2. The number of hydrogen-bond donors (Lipinski definition) is 2. The average Bonchev–Trinajstić information content (AvgIpc) is 2.67. The highest BCUT2D eigenvalue weighted by Crippen LogP contribution is 2.17. The van der Waals surface area contributed by atoms with Crippen LogP contribution >= 0.6 is 0 Å². The zero-order chi connectivity index (χ0) is 18.6. The molecule has 140 valence electrons. The molecule has 0 atom stereocenters. The number of guanidine groups is 1. The fourth-order valence-corrected chi connectivity index (χ4v) is 2.74. The maximum atomic E-state index is 5.41. The smallest absolute Gasteiger partial charge is 0.191 e. The van der Waals surface area contributed by atoms with Crippen LogP contribution in [0.3, 0.4) is 0 Å². The minimum atomic E-state index is 0.601. The Kier molecular flexibility index (Phi) is 8.49. The number of methoxy groups -OCH3 is 2. The number of para-hydroxylation sites is 1. The van der Waals surface area contributed by atoms with Gasteiger partial charge in [-0.15, -0.1) is 0 Å². The first-order chi connectivity index (χ1) is 12.8. The Morgan fingerprint density at radius 2 is 1.62 bits per heavy atom. The van der Waals surface area contributed by atoms with Crippen LogP contribution in [-0.4, -0.2) is 33.3 Å². The van der Waals surface area contributed by atoms with E-state index in [0.717, 1.165) is 31.2 Å². The third kappa shape index (κ3) is 6.08. The summed E-state index contributed by atoms with van der Waals surface area (Å²) in [4.78, 5) is 4.71. The molecule has 0 fully saturated rings. The van der Waals surface area contributed by atoms with Gasteiger partial charge in [0.05, 0.1) is 20.3 Å². The molecule has 0 bridgehead atoms. The summed E-state index contributed by atoms with van der Waals surface area (Å²) >= 11 is 0. The molecule has 0 amide bonds. The topological polar surface area (TPSA) is 54.9 Å². The highest BCUT2D eigenvalue weighted by molar-refractivity contribution is 5.79. The number of hydrogen-bond acceptors (Lipinski definition) is 3. The average molecular weight is 355 g/mol. The van der Waals surface area contributed by atoms with E-state index >= 15 is 0 Å². The highest BCUT2D eigenvalue weighted by Gasteiger charge is 2.04. The van der Waals surface area contributed by atoms with Gasteiger partial charge < -0.3 is 20.1 Å². The van der Waals surface area contributed by atoms with E-state index < -0.39 is 0 Å². The fourth-order valence-electron chi connectivity index (χ4n) is 2.74. The molecule has 0 saturated carbocycles. The molecule has 2 aromatic rings. The molecule has 0 aliphatic rings. The predicted molar refractivity (Wildman–Crippen MR) is 107 cm³/mol. The highest BCUT2D eigenvalue weighted by atomic mass is 16.5. The Labute approximate surface area is 156 Å². The van der Waals surface area contributed by atoms with E-state index in [-0.39, 0.29) is 0 Å². The lowest BCUT2D eigenvalue weighted by Crippen LogP contribution is -2.38. The molecular formula is C21H29N3O2. The van der Waals surface area contributed by atoms with Gasteiger partial charge in [-0.1, -0.05) is 42.5 Å². The summed E-state index contributed by atoms with van der Waals surface area (Å²) in [7, 11) is 3.42. The van der Waals surface area contributed by atoms with Crippen molar-refractivity contribution in [1.29, 1.82) is 0 Å². The quantitative estimate of drug-likeness (QED) is 0.536. The monoisotopic (exact) mass is 355 g/mol. The number of ether oxygens (including phenoxy) is 2.